The van der Waals surface area contributed by atoms with Gasteiger partial charge in [-0.15, -0.1) is 0 Å². The Labute approximate surface area is 99.7 Å². The molecule has 2 rings (SSSR count). The van der Waals surface area contributed by atoms with Gasteiger partial charge in [-0.3, -0.25) is 19.9 Å². The van der Waals surface area contributed by atoms with Gasteiger partial charge in [-0.05, 0) is 19.1 Å². The lowest BCUT2D eigenvalue weighted by Gasteiger charge is -2.03. The van der Waals surface area contributed by atoms with Crippen LogP contribution in [0.5, 0.6) is 0 Å². The Morgan fingerprint density at radius 1 is 1.28 bits per heavy atom. The Morgan fingerprint density at radius 3 is 2.44 bits per heavy atom. The van der Waals surface area contributed by atoms with Crippen molar-refractivity contribution in [2.45, 2.75) is 6.92 Å². The highest BCUT2D eigenvalue weighted by Gasteiger charge is 2.08. The summed E-state index contributed by atoms with van der Waals surface area (Å²) in [4.78, 5) is 34.7. The van der Waals surface area contributed by atoms with E-state index in [1.54, 1.807) is 0 Å². The third kappa shape index (κ3) is 2.03. The number of nitro benzene ring substituents is 1. The van der Waals surface area contributed by atoms with Crippen LogP contribution in [0.4, 0.5) is 5.69 Å². The van der Waals surface area contributed by atoms with Crippen molar-refractivity contribution in [2.24, 2.45) is 0 Å². The van der Waals surface area contributed by atoms with E-state index in [9.17, 15) is 19.7 Å². The summed E-state index contributed by atoms with van der Waals surface area (Å²) in [6.45, 7) is 1.46. The lowest BCUT2D eigenvalue weighted by atomic mass is 10.3. The first-order valence-electron chi connectivity index (χ1n) is 4.94. The average Bonchev–Trinajstić information content (AvgIpc) is 2.34. The summed E-state index contributed by atoms with van der Waals surface area (Å²) >= 11 is 0. The van der Waals surface area contributed by atoms with Gasteiger partial charge in [-0.25, -0.2) is 4.79 Å². The number of H-pyrrole nitrogens is 1. The summed E-state index contributed by atoms with van der Waals surface area (Å²) in [6.07, 6.45) is 0. The van der Waals surface area contributed by atoms with Crippen LogP contribution in [0.1, 0.15) is 5.69 Å². The first-order valence-corrected chi connectivity index (χ1v) is 4.94. The van der Waals surface area contributed by atoms with Gasteiger partial charge in [0.05, 0.1) is 10.6 Å². The molecule has 1 N–H and O–H groups in total. The fourth-order valence-corrected chi connectivity index (χ4v) is 1.37. The first kappa shape index (κ1) is 11.7. The van der Waals surface area contributed by atoms with Crippen molar-refractivity contribution in [1.29, 1.82) is 0 Å². The first-order chi connectivity index (χ1) is 8.49. The summed E-state index contributed by atoms with van der Waals surface area (Å²) in [7, 11) is 0. The predicted octanol–water partition coefficient (Wildman–Crippen LogP) is 0.137. The molecule has 1 aromatic heterocycles. The van der Waals surface area contributed by atoms with Gasteiger partial charge in [0.2, 0.25) is 0 Å². The Hall–Kier alpha value is -2.77. The second-order valence-electron chi connectivity index (χ2n) is 3.53. The Morgan fingerprint density at radius 2 is 1.89 bits per heavy atom. The second kappa shape index (κ2) is 4.24. The molecule has 0 aliphatic heterocycles. The smallest absolute Gasteiger partial charge is 0.271 e. The molecule has 1 aromatic carbocycles. The van der Waals surface area contributed by atoms with Crippen molar-refractivity contribution in [1.82, 2.24) is 14.8 Å². The number of benzene rings is 1. The summed E-state index contributed by atoms with van der Waals surface area (Å²) in [5.41, 5.74) is -0.872. The SMILES string of the molecule is Cc1nn(-c2ccc([N+](=O)[O-])cc2)c(=O)[nH]c1=O. The number of nitro groups is 1. The summed E-state index contributed by atoms with van der Waals surface area (Å²) in [6, 6.07) is 5.27. The van der Waals surface area contributed by atoms with Gasteiger partial charge in [0.15, 0.2) is 0 Å². The van der Waals surface area contributed by atoms with Gasteiger partial charge in [0.25, 0.3) is 11.2 Å². The zero-order valence-corrected chi connectivity index (χ0v) is 9.28. The molecule has 92 valence electrons. The Bertz CT molecular complexity index is 714. The van der Waals surface area contributed by atoms with Gasteiger partial charge in [-0.1, -0.05) is 0 Å². The average molecular weight is 248 g/mol. The van der Waals surface area contributed by atoms with Crippen LogP contribution in [0.2, 0.25) is 0 Å². The lowest BCUT2D eigenvalue weighted by Crippen LogP contribution is -2.32. The molecule has 18 heavy (non-hydrogen) atoms. The van der Waals surface area contributed by atoms with E-state index in [0.29, 0.717) is 5.69 Å². The minimum absolute atomic E-state index is 0.0899. The molecule has 0 amide bonds. The monoisotopic (exact) mass is 248 g/mol. The molecule has 8 nitrogen and oxygen atoms in total. The predicted molar refractivity (Wildman–Crippen MR) is 61.8 cm³/mol. The lowest BCUT2D eigenvalue weighted by molar-refractivity contribution is -0.384. The van der Waals surface area contributed by atoms with Crippen LogP contribution in [0.15, 0.2) is 33.9 Å². The second-order valence-corrected chi connectivity index (χ2v) is 3.53. The molecule has 0 bridgehead atoms. The van der Waals surface area contributed by atoms with Crippen molar-refractivity contribution >= 4 is 5.69 Å². The van der Waals surface area contributed by atoms with Crippen LogP contribution in [-0.4, -0.2) is 19.7 Å². The highest BCUT2D eigenvalue weighted by molar-refractivity contribution is 5.39. The molecule has 0 aliphatic carbocycles. The fraction of sp³-hybridized carbons (Fsp3) is 0.100. The molecule has 0 atom stereocenters. The summed E-state index contributed by atoms with van der Waals surface area (Å²) < 4.78 is 0.973. The number of aromatic amines is 1. The van der Waals surface area contributed by atoms with Crippen molar-refractivity contribution in [2.75, 3.05) is 0 Å². The highest BCUT2D eigenvalue weighted by atomic mass is 16.6. The quantitative estimate of drug-likeness (QED) is 0.600. The molecular weight excluding hydrogens is 240 g/mol. The van der Waals surface area contributed by atoms with E-state index in [4.69, 9.17) is 0 Å². The Balaban J connectivity index is 2.56. The Kier molecular flexibility index (Phi) is 2.76. The van der Waals surface area contributed by atoms with Gasteiger partial charge in [-0.2, -0.15) is 9.78 Å². The molecule has 0 unspecified atom stereocenters. The minimum Gasteiger partial charge on any atom is -0.271 e. The normalized spacial score (nSPS) is 10.3. The molecule has 0 aliphatic rings. The molecule has 1 heterocycles. The zero-order chi connectivity index (χ0) is 13.3. The van der Waals surface area contributed by atoms with E-state index in [2.05, 4.69) is 10.1 Å². The van der Waals surface area contributed by atoms with E-state index in [-0.39, 0.29) is 11.4 Å². The molecule has 2 aromatic rings. The van der Waals surface area contributed by atoms with Crippen LogP contribution < -0.4 is 11.2 Å². The van der Waals surface area contributed by atoms with E-state index in [1.807, 2.05) is 0 Å². The topological polar surface area (TPSA) is 111 Å². The van der Waals surface area contributed by atoms with Crippen LogP contribution in [0, 0.1) is 17.0 Å². The number of nitrogens with zero attached hydrogens (tertiary/aromatic N) is 3. The standard InChI is InChI=1S/C10H8N4O4/c1-6-9(15)11-10(16)13(12-6)7-2-4-8(5-3-7)14(17)18/h2-5H,1H3,(H,11,15,16). The maximum atomic E-state index is 11.5. The summed E-state index contributed by atoms with van der Waals surface area (Å²) in [5, 5.41) is 14.3. The number of aromatic nitrogens is 3. The molecule has 0 saturated carbocycles. The third-order valence-electron chi connectivity index (χ3n) is 2.30. The zero-order valence-electron chi connectivity index (χ0n) is 9.28. The van der Waals surface area contributed by atoms with E-state index in [0.717, 1.165) is 4.68 Å². The molecular formula is C10H8N4O4. The van der Waals surface area contributed by atoms with Crippen molar-refractivity contribution in [3.63, 3.8) is 0 Å². The minimum atomic E-state index is -0.695. The number of hydrogen-bond donors (Lipinski definition) is 1. The molecule has 0 saturated heterocycles. The largest absolute Gasteiger partial charge is 0.349 e. The fourth-order valence-electron chi connectivity index (χ4n) is 1.37. The number of aryl methyl sites for hydroxylation is 1. The van der Waals surface area contributed by atoms with E-state index >= 15 is 0 Å². The van der Waals surface area contributed by atoms with Crippen LogP contribution >= 0.6 is 0 Å². The van der Waals surface area contributed by atoms with Crippen molar-refractivity contribution in [3.05, 3.63) is 60.9 Å². The van der Waals surface area contributed by atoms with Crippen LogP contribution in [-0.2, 0) is 0 Å². The highest BCUT2D eigenvalue weighted by Crippen LogP contribution is 2.12. The van der Waals surface area contributed by atoms with Crippen LogP contribution in [0.3, 0.4) is 0 Å². The van der Waals surface area contributed by atoms with E-state index in [1.165, 1.54) is 31.2 Å². The van der Waals surface area contributed by atoms with Crippen LogP contribution in [0.25, 0.3) is 5.69 Å². The third-order valence-corrected chi connectivity index (χ3v) is 2.30. The molecule has 0 radical (unpaired) electrons. The number of nitrogens with one attached hydrogen (secondary N) is 1. The maximum Gasteiger partial charge on any atom is 0.349 e. The van der Waals surface area contributed by atoms with Gasteiger partial charge in [0, 0.05) is 12.1 Å². The number of rotatable bonds is 2. The number of non-ortho nitro benzene ring substituents is 1. The summed E-state index contributed by atoms with van der Waals surface area (Å²) in [5.74, 6) is 0. The van der Waals surface area contributed by atoms with Crippen molar-refractivity contribution < 1.29 is 4.92 Å². The molecule has 0 spiro atoms. The van der Waals surface area contributed by atoms with Gasteiger partial charge in [0.1, 0.15) is 5.69 Å². The van der Waals surface area contributed by atoms with Crippen molar-refractivity contribution in [3.8, 4) is 5.69 Å². The maximum absolute atomic E-state index is 11.5. The van der Waals surface area contributed by atoms with E-state index < -0.39 is 16.2 Å². The molecule has 0 fully saturated rings. The number of hydrogen-bond acceptors (Lipinski definition) is 5. The van der Waals surface area contributed by atoms with Gasteiger partial charge < -0.3 is 0 Å². The van der Waals surface area contributed by atoms with Gasteiger partial charge >= 0.3 is 5.69 Å². The molecule has 8 heteroatoms.